The van der Waals surface area contributed by atoms with E-state index in [0.29, 0.717) is 22.6 Å². The van der Waals surface area contributed by atoms with Crippen LogP contribution in [-0.2, 0) is 7.05 Å². The summed E-state index contributed by atoms with van der Waals surface area (Å²) in [6.07, 6.45) is 2.80. The normalized spacial score (nSPS) is 10.2. The average Bonchev–Trinajstić information content (AvgIpc) is 2.93. The third-order valence-electron chi connectivity index (χ3n) is 3.06. The van der Waals surface area contributed by atoms with E-state index in [0.717, 1.165) is 0 Å². The number of ketones is 2. The van der Waals surface area contributed by atoms with E-state index in [9.17, 15) is 9.59 Å². The summed E-state index contributed by atoms with van der Waals surface area (Å²) in [6.45, 7) is 0. The zero-order valence-electron chi connectivity index (χ0n) is 12.1. The van der Waals surface area contributed by atoms with Gasteiger partial charge in [-0.1, -0.05) is 0 Å². The molecule has 1 heterocycles. The quantitative estimate of drug-likeness (QED) is 0.599. The molecular weight excluding hydrogens is 272 g/mol. The molecule has 0 bridgehead atoms. The van der Waals surface area contributed by atoms with Gasteiger partial charge in [-0.3, -0.25) is 14.3 Å². The summed E-state index contributed by atoms with van der Waals surface area (Å²) in [6, 6.07) is 4.86. The van der Waals surface area contributed by atoms with Gasteiger partial charge < -0.3 is 9.47 Å². The number of ether oxygens (including phenoxy) is 2. The van der Waals surface area contributed by atoms with Crippen LogP contribution in [0.15, 0.2) is 30.6 Å². The van der Waals surface area contributed by atoms with Crippen LogP contribution in [0.2, 0.25) is 0 Å². The first-order chi connectivity index (χ1) is 10.0. The molecule has 0 aliphatic heterocycles. The lowest BCUT2D eigenvalue weighted by molar-refractivity contribution is 0.0892. The zero-order chi connectivity index (χ0) is 15.4. The molecule has 0 saturated carbocycles. The monoisotopic (exact) mass is 288 g/mol. The van der Waals surface area contributed by atoms with Crippen LogP contribution in [-0.4, -0.2) is 35.6 Å². The van der Waals surface area contributed by atoms with Crippen molar-refractivity contribution in [3.63, 3.8) is 0 Å². The smallest absolute Gasteiger partial charge is 0.174 e. The van der Waals surface area contributed by atoms with Crippen molar-refractivity contribution in [1.29, 1.82) is 0 Å². The molecule has 0 amide bonds. The minimum atomic E-state index is -0.302. The number of rotatable bonds is 6. The number of benzene rings is 1. The topological polar surface area (TPSA) is 70.4 Å². The fraction of sp³-hybridized carbons (Fsp3) is 0.267. The highest BCUT2D eigenvalue weighted by Crippen LogP contribution is 2.26. The van der Waals surface area contributed by atoms with E-state index in [1.165, 1.54) is 25.1 Å². The van der Waals surface area contributed by atoms with E-state index in [1.807, 2.05) is 0 Å². The Balaban J connectivity index is 2.18. The number of hydrogen-bond acceptors (Lipinski definition) is 5. The van der Waals surface area contributed by atoms with Gasteiger partial charge in [-0.15, -0.1) is 0 Å². The Bertz CT molecular complexity index is 676. The fourth-order valence-electron chi connectivity index (χ4n) is 1.94. The standard InChI is InChI=1S/C15H16N2O4/c1-17-9-10(8-16-17)13(18)7-14(19)12-5-4-11(20-2)6-15(12)21-3/h4-6,8-9H,7H2,1-3H3. The molecule has 21 heavy (non-hydrogen) atoms. The minimum Gasteiger partial charge on any atom is -0.497 e. The lowest BCUT2D eigenvalue weighted by Gasteiger charge is -2.09. The SMILES string of the molecule is COc1ccc(C(=O)CC(=O)c2cnn(C)c2)c(OC)c1. The van der Waals surface area contributed by atoms with Gasteiger partial charge in [0.2, 0.25) is 0 Å². The molecule has 0 N–H and O–H groups in total. The van der Waals surface area contributed by atoms with Gasteiger partial charge in [0.1, 0.15) is 11.5 Å². The number of methoxy groups -OCH3 is 2. The molecule has 0 fully saturated rings. The molecule has 6 nitrogen and oxygen atoms in total. The summed E-state index contributed by atoms with van der Waals surface area (Å²) in [4.78, 5) is 24.3. The van der Waals surface area contributed by atoms with Gasteiger partial charge in [-0.25, -0.2) is 0 Å². The van der Waals surface area contributed by atoms with Crippen molar-refractivity contribution in [3.05, 3.63) is 41.7 Å². The molecule has 0 aliphatic carbocycles. The predicted octanol–water partition coefficient (Wildman–Crippen LogP) is 1.89. The van der Waals surface area contributed by atoms with Gasteiger partial charge in [-0.05, 0) is 12.1 Å². The zero-order valence-corrected chi connectivity index (χ0v) is 12.1. The highest BCUT2D eigenvalue weighted by molar-refractivity contribution is 6.14. The Labute approximate surface area is 122 Å². The third kappa shape index (κ3) is 3.28. The van der Waals surface area contributed by atoms with E-state index >= 15 is 0 Å². The second-order valence-electron chi connectivity index (χ2n) is 4.49. The summed E-state index contributed by atoms with van der Waals surface area (Å²) in [7, 11) is 4.71. The van der Waals surface area contributed by atoms with Crippen LogP contribution in [0, 0.1) is 0 Å². The summed E-state index contributed by atoms with van der Waals surface area (Å²) in [5.74, 6) is 0.398. The maximum atomic E-state index is 12.2. The highest BCUT2D eigenvalue weighted by Gasteiger charge is 2.18. The molecule has 1 aromatic heterocycles. The van der Waals surface area contributed by atoms with Gasteiger partial charge in [0.15, 0.2) is 11.6 Å². The Morgan fingerprint density at radius 2 is 1.95 bits per heavy atom. The third-order valence-corrected chi connectivity index (χ3v) is 3.06. The molecular formula is C15H16N2O4. The van der Waals surface area contributed by atoms with Crippen LogP contribution < -0.4 is 9.47 Å². The molecule has 110 valence electrons. The van der Waals surface area contributed by atoms with Crippen LogP contribution in [0.25, 0.3) is 0 Å². The molecule has 0 saturated heterocycles. The van der Waals surface area contributed by atoms with E-state index in [-0.39, 0.29) is 18.0 Å². The lowest BCUT2D eigenvalue weighted by Crippen LogP contribution is -2.09. The number of carbonyl (C=O) groups is 2. The van der Waals surface area contributed by atoms with Crippen LogP contribution in [0.1, 0.15) is 27.1 Å². The van der Waals surface area contributed by atoms with Gasteiger partial charge in [0.25, 0.3) is 0 Å². The molecule has 0 unspecified atom stereocenters. The predicted molar refractivity (Wildman–Crippen MR) is 76.0 cm³/mol. The maximum Gasteiger partial charge on any atom is 0.174 e. The van der Waals surface area contributed by atoms with Gasteiger partial charge in [-0.2, -0.15) is 5.10 Å². The van der Waals surface area contributed by atoms with Crippen molar-refractivity contribution < 1.29 is 19.1 Å². The average molecular weight is 288 g/mol. The Kier molecular flexibility index (Phi) is 4.37. The molecule has 2 rings (SSSR count). The molecule has 0 spiro atoms. The van der Waals surface area contributed by atoms with Crippen molar-refractivity contribution in [3.8, 4) is 11.5 Å². The van der Waals surface area contributed by atoms with Crippen LogP contribution in [0.5, 0.6) is 11.5 Å². The molecule has 0 atom stereocenters. The molecule has 0 radical (unpaired) electrons. The van der Waals surface area contributed by atoms with Crippen molar-refractivity contribution in [2.45, 2.75) is 6.42 Å². The van der Waals surface area contributed by atoms with E-state index in [2.05, 4.69) is 5.10 Å². The largest absolute Gasteiger partial charge is 0.497 e. The highest BCUT2D eigenvalue weighted by atomic mass is 16.5. The van der Waals surface area contributed by atoms with Gasteiger partial charge >= 0.3 is 0 Å². The number of carbonyl (C=O) groups excluding carboxylic acids is 2. The summed E-state index contributed by atoms with van der Waals surface area (Å²) in [5, 5.41) is 3.92. The van der Waals surface area contributed by atoms with Crippen LogP contribution in [0.3, 0.4) is 0 Å². The second kappa shape index (κ2) is 6.21. The maximum absolute atomic E-state index is 12.2. The van der Waals surface area contributed by atoms with Crippen molar-refractivity contribution in [2.75, 3.05) is 14.2 Å². The van der Waals surface area contributed by atoms with E-state index in [1.54, 1.807) is 31.4 Å². The lowest BCUT2D eigenvalue weighted by atomic mass is 10.0. The number of nitrogens with zero attached hydrogens (tertiary/aromatic N) is 2. The van der Waals surface area contributed by atoms with Crippen LogP contribution >= 0.6 is 0 Å². The number of aryl methyl sites for hydroxylation is 1. The molecule has 1 aromatic carbocycles. The first-order valence-electron chi connectivity index (χ1n) is 6.32. The molecule has 6 heteroatoms. The number of Topliss-reactive ketones (excluding diaryl/α,β-unsaturated/α-hetero) is 2. The van der Waals surface area contributed by atoms with E-state index < -0.39 is 0 Å². The fourth-order valence-corrected chi connectivity index (χ4v) is 1.94. The van der Waals surface area contributed by atoms with Gasteiger partial charge in [0, 0.05) is 19.3 Å². The molecule has 0 aliphatic rings. The second-order valence-corrected chi connectivity index (χ2v) is 4.49. The number of hydrogen-bond donors (Lipinski definition) is 0. The summed E-state index contributed by atoms with van der Waals surface area (Å²) < 4.78 is 11.8. The first-order valence-corrected chi connectivity index (χ1v) is 6.32. The van der Waals surface area contributed by atoms with E-state index in [4.69, 9.17) is 9.47 Å². The minimum absolute atomic E-state index is 0.228. The Morgan fingerprint density at radius 1 is 1.19 bits per heavy atom. The van der Waals surface area contributed by atoms with Gasteiger partial charge in [0.05, 0.1) is 38.0 Å². The van der Waals surface area contributed by atoms with Crippen molar-refractivity contribution >= 4 is 11.6 Å². The van der Waals surface area contributed by atoms with Crippen molar-refractivity contribution in [2.24, 2.45) is 7.05 Å². The molecule has 2 aromatic rings. The van der Waals surface area contributed by atoms with Crippen molar-refractivity contribution in [1.82, 2.24) is 9.78 Å². The Hall–Kier alpha value is -2.63. The summed E-state index contributed by atoms with van der Waals surface area (Å²) >= 11 is 0. The Morgan fingerprint density at radius 3 is 2.52 bits per heavy atom. The summed E-state index contributed by atoms with van der Waals surface area (Å²) in [5.41, 5.74) is 0.772. The number of aromatic nitrogens is 2. The van der Waals surface area contributed by atoms with Crippen LogP contribution in [0.4, 0.5) is 0 Å². The first kappa shape index (κ1) is 14.8.